The lowest BCUT2D eigenvalue weighted by atomic mass is 10.2. The third-order valence-corrected chi connectivity index (χ3v) is 22.3. The van der Waals surface area contributed by atoms with Crippen LogP contribution in [0.1, 0.15) is 64.7 Å². The Bertz CT molecular complexity index is 1050. The molecule has 0 bridgehead atoms. The minimum atomic E-state index is -2.28. The maximum atomic E-state index is 6.27. The quantitative estimate of drug-likeness (QED) is 0.311. The van der Waals surface area contributed by atoms with E-state index in [9.17, 15) is 0 Å². The van der Waals surface area contributed by atoms with Gasteiger partial charge in [0.25, 0.3) is 0 Å². The maximum absolute atomic E-state index is 6.27. The van der Waals surface area contributed by atoms with Crippen molar-refractivity contribution in [2.75, 3.05) is 78.5 Å². The Morgan fingerprint density at radius 3 is 1.42 bits per heavy atom. The van der Waals surface area contributed by atoms with Crippen molar-refractivity contribution < 1.29 is 0 Å². The smallest absolute Gasteiger partial charge is 0.221 e. The van der Waals surface area contributed by atoms with Crippen LogP contribution in [0, 0.1) is 0 Å². The fraction of sp³-hybridized carbons (Fsp3) is 0.846. The zero-order valence-electron chi connectivity index (χ0n) is 23.4. The van der Waals surface area contributed by atoms with Crippen molar-refractivity contribution in [3.8, 4) is 0 Å². The Kier molecular flexibility index (Phi) is 7.74. The van der Waals surface area contributed by atoms with E-state index >= 15 is 0 Å². The van der Waals surface area contributed by atoms with Gasteiger partial charge in [-0.05, 0) is 57.8 Å². The number of hydrogen-bond donors (Lipinski definition) is 0. The fourth-order valence-electron chi connectivity index (χ4n) is 7.49. The topological polar surface area (TPSA) is 56.5 Å². The molecule has 1 unspecified atom stereocenters. The van der Waals surface area contributed by atoms with E-state index in [1.54, 1.807) is 0 Å². The second-order valence-electron chi connectivity index (χ2n) is 11.9. The predicted octanol–water partition coefficient (Wildman–Crippen LogP) is 6.75. The van der Waals surface area contributed by atoms with Crippen LogP contribution in [0.2, 0.25) is 0 Å². The van der Waals surface area contributed by atoms with Crippen LogP contribution in [0.3, 0.4) is 0 Å². The molecule has 0 radical (unpaired) electrons. The molecule has 38 heavy (non-hydrogen) atoms. The summed E-state index contributed by atoms with van der Waals surface area (Å²) in [6.45, 7) is 15.9. The van der Waals surface area contributed by atoms with E-state index in [-0.39, 0.29) is 0 Å². The van der Waals surface area contributed by atoms with E-state index in [1.165, 1.54) is 109 Å². The second kappa shape index (κ2) is 11.0. The molecule has 0 saturated carbocycles. The Labute approximate surface area is 230 Å². The van der Waals surface area contributed by atoms with Gasteiger partial charge in [0.15, 0.2) is 0 Å². The molecular formula is C26H48N9P3. The molecule has 0 N–H and O–H groups in total. The molecule has 12 heteroatoms. The van der Waals surface area contributed by atoms with Crippen molar-refractivity contribution in [2.45, 2.75) is 64.7 Å². The first-order valence-corrected chi connectivity index (χ1v) is 20.3. The molecule has 1 spiro atoms. The number of likely N-dealkylation sites (N-methyl/N-ethyl adjacent to an activating group) is 1. The van der Waals surface area contributed by atoms with E-state index in [4.69, 9.17) is 13.5 Å². The average molecular weight is 580 g/mol. The van der Waals surface area contributed by atoms with Gasteiger partial charge < -0.3 is 0 Å². The highest BCUT2D eigenvalue weighted by Crippen LogP contribution is 2.85. The van der Waals surface area contributed by atoms with Gasteiger partial charge in [-0.15, -0.1) is 0 Å². The molecule has 0 aromatic heterocycles. The summed E-state index contributed by atoms with van der Waals surface area (Å²) in [7, 11) is -6.76. The van der Waals surface area contributed by atoms with Crippen LogP contribution in [0.5, 0.6) is 0 Å². The van der Waals surface area contributed by atoms with Gasteiger partial charge in [0.05, 0.1) is 0 Å². The lowest BCUT2D eigenvalue weighted by Gasteiger charge is -2.49. The average Bonchev–Trinajstić information content (AvgIpc) is 3.80. The fourth-order valence-corrected chi connectivity index (χ4v) is 24.0. The third-order valence-electron chi connectivity index (χ3n) is 9.54. The van der Waals surface area contributed by atoms with Crippen molar-refractivity contribution >= 4 is 22.5 Å². The Morgan fingerprint density at radius 2 is 1.00 bits per heavy atom. The predicted molar refractivity (Wildman–Crippen MR) is 162 cm³/mol. The minimum absolute atomic E-state index is 1.02. The molecule has 5 saturated heterocycles. The van der Waals surface area contributed by atoms with Crippen molar-refractivity contribution in [2.24, 2.45) is 13.5 Å². The second-order valence-corrected chi connectivity index (χ2v) is 20.7. The summed E-state index contributed by atoms with van der Waals surface area (Å²) in [5.74, 6) is 0. The first kappa shape index (κ1) is 26.8. The summed E-state index contributed by atoms with van der Waals surface area (Å²) in [5.41, 5.74) is 1.53. The largest absolute Gasteiger partial charge is 0.240 e. The number of rotatable bonds is 7. The van der Waals surface area contributed by atoms with Crippen molar-refractivity contribution in [1.82, 2.24) is 28.0 Å². The van der Waals surface area contributed by atoms with Crippen LogP contribution in [-0.2, 0) is 0 Å². The highest BCUT2D eigenvalue weighted by molar-refractivity contribution is 7.83. The van der Waals surface area contributed by atoms with E-state index in [0.29, 0.717) is 0 Å². The van der Waals surface area contributed by atoms with Gasteiger partial charge in [-0.1, -0.05) is 30.7 Å². The van der Waals surface area contributed by atoms with Gasteiger partial charge in [0.1, 0.15) is 0 Å². The van der Waals surface area contributed by atoms with E-state index < -0.39 is 22.5 Å². The van der Waals surface area contributed by atoms with E-state index in [1.807, 2.05) is 0 Å². The summed E-state index contributed by atoms with van der Waals surface area (Å²) < 4.78 is 35.5. The Hall–Kier alpha value is -0.0700. The molecular weight excluding hydrogens is 531 g/mol. The van der Waals surface area contributed by atoms with Crippen molar-refractivity contribution in [1.29, 1.82) is 0 Å². The van der Waals surface area contributed by atoms with Crippen molar-refractivity contribution in [3.05, 3.63) is 23.8 Å². The maximum Gasteiger partial charge on any atom is 0.221 e. The molecule has 6 aliphatic heterocycles. The first-order valence-electron chi connectivity index (χ1n) is 15.5. The zero-order chi connectivity index (χ0) is 25.6. The van der Waals surface area contributed by atoms with Crippen LogP contribution >= 0.6 is 22.5 Å². The summed E-state index contributed by atoms with van der Waals surface area (Å²) in [6.07, 6.45) is 18.4. The van der Waals surface area contributed by atoms with Gasteiger partial charge in [-0.25, -0.2) is 28.0 Å². The SMILES string of the molecule is CCN1CCN(CC2=CC=CC2)P12=NP(N1CCCC1)(N1CCCC1)=NP(N1CCCC1)(N1CCCC1)=N2. The molecule has 9 nitrogen and oxygen atoms in total. The molecule has 7 rings (SSSR count). The van der Waals surface area contributed by atoms with Crippen molar-refractivity contribution in [3.63, 3.8) is 0 Å². The number of hydrogen-bond acceptors (Lipinski definition) is 9. The lowest BCUT2D eigenvalue weighted by Crippen LogP contribution is -2.34. The molecule has 0 aromatic rings. The van der Waals surface area contributed by atoms with Crippen LogP contribution in [0.4, 0.5) is 0 Å². The normalized spacial score (nSPS) is 34.8. The molecule has 5 fully saturated rings. The van der Waals surface area contributed by atoms with Crippen LogP contribution in [0.15, 0.2) is 37.3 Å². The number of allylic oxidation sites excluding steroid dienone is 3. The standard InChI is InChI=1S/C26H48N9P3/c1-2-30-23-24-35(25-26-13-3-4-14-26)36(30)27-37(31-15-5-6-16-31,32-17-7-8-18-32)29-38(28-36,33-19-9-10-20-33)34-21-11-12-22-34/h3-4,13H,2,5-12,14-25H2,1H3. The molecule has 0 aromatic carbocycles. The summed E-state index contributed by atoms with van der Waals surface area (Å²) >= 11 is 0. The van der Waals surface area contributed by atoms with Crippen LogP contribution in [-0.4, -0.2) is 107 Å². The highest BCUT2D eigenvalue weighted by Gasteiger charge is 2.54. The molecule has 7 aliphatic rings. The highest BCUT2D eigenvalue weighted by atomic mass is 31.3. The summed E-state index contributed by atoms with van der Waals surface area (Å²) in [4.78, 5) is 0. The minimum Gasteiger partial charge on any atom is -0.240 e. The third kappa shape index (κ3) is 4.39. The van der Waals surface area contributed by atoms with E-state index in [2.05, 4.69) is 53.2 Å². The zero-order valence-corrected chi connectivity index (χ0v) is 26.1. The first-order chi connectivity index (χ1) is 18.7. The summed E-state index contributed by atoms with van der Waals surface area (Å²) in [5, 5.41) is 0. The Balaban J connectivity index is 1.51. The van der Waals surface area contributed by atoms with Gasteiger partial charge in [0, 0.05) is 78.5 Å². The van der Waals surface area contributed by atoms with Gasteiger partial charge in [-0.2, -0.15) is 13.5 Å². The van der Waals surface area contributed by atoms with Gasteiger partial charge in [0.2, 0.25) is 22.5 Å². The van der Waals surface area contributed by atoms with Gasteiger partial charge in [-0.3, -0.25) is 0 Å². The molecule has 1 aliphatic carbocycles. The Morgan fingerprint density at radius 1 is 0.579 bits per heavy atom. The molecule has 6 heterocycles. The van der Waals surface area contributed by atoms with Gasteiger partial charge >= 0.3 is 0 Å². The lowest BCUT2D eigenvalue weighted by molar-refractivity contribution is 0.448. The monoisotopic (exact) mass is 579 g/mol. The molecule has 1 atom stereocenters. The van der Waals surface area contributed by atoms with Crippen LogP contribution < -0.4 is 0 Å². The molecule has 0 amide bonds. The number of nitrogens with zero attached hydrogens (tertiary/aromatic N) is 9. The molecule has 212 valence electrons. The van der Waals surface area contributed by atoms with E-state index in [0.717, 1.165) is 32.6 Å². The van der Waals surface area contributed by atoms with Crippen LogP contribution in [0.25, 0.3) is 0 Å². The summed E-state index contributed by atoms with van der Waals surface area (Å²) in [6, 6.07) is 0.